The van der Waals surface area contributed by atoms with E-state index in [4.69, 9.17) is 20.9 Å². The number of nitrogens with two attached hydrogens (primary N) is 2. The lowest BCUT2D eigenvalue weighted by Crippen LogP contribution is -2.62. The summed E-state index contributed by atoms with van der Waals surface area (Å²) in [6.07, 6.45) is 7.06. The van der Waals surface area contributed by atoms with E-state index in [-0.39, 0.29) is 88.1 Å². The van der Waals surface area contributed by atoms with Crippen molar-refractivity contribution in [2.75, 3.05) is 13.2 Å². The molecule has 0 unspecified atom stereocenters. The van der Waals surface area contributed by atoms with Gasteiger partial charge in [-0.25, -0.2) is 8.78 Å². The molecule has 2 aromatic rings. The van der Waals surface area contributed by atoms with E-state index < -0.39 is 47.4 Å². The molecule has 0 aromatic heterocycles. The fraction of sp³-hybridized carbons (Fsp3) is 0.600. The number of aliphatic imine (C=N–C) groups is 1. The van der Waals surface area contributed by atoms with Gasteiger partial charge in [0, 0.05) is 18.5 Å². The van der Waals surface area contributed by atoms with Crippen molar-refractivity contribution in [1.82, 2.24) is 5.32 Å². The zero-order valence-corrected chi connectivity index (χ0v) is 34.5. The number of nitrogens with zero attached hydrogens (tertiary/aromatic N) is 1. The Bertz CT molecular complexity index is 1920. The van der Waals surface area contributed by atoms with E-state index in [0.29, 0.717) is 38.0 Å². The summed E-state index contributed by atoms with van der Waals surface area (Å²) in [7, 11) is 0. The molecule has 8 N–H and O–H groups in total. The molecule has 0 heterocycles. The number of aliphatic hydroxyl groups is 2. The van der Waals surface area contributed by atoms with Gasteiger partial charge in [0.25, 0.3) is 5.91 Å². The summed E-state index contributed by atoms with van der Waals surface area (Å²) >= 11 is 0. The third-order valence-electron chi connectivity index (χ3n) is 14.6. The van der Waals surface area contributed by atoms with E-state index in [1.807, 2.05) is 0 Å². The van der Waals surface area contributed by atoms with Crippen LogP contribution in [0.2, 0.25) is 0 Å². The Labute approximate surface area is 344 Å². The number of benzene rings is 2. The summed E-state index contributed by atoms with van der Waals surface area (Å²) in [5.74, 6) is -3.34. The molecule has 4 aliphatic carbocycles. The van der Waals surface area contributed by atoms with Gasteiger partial charge < -0.3 is 41.6 Å². The van der Waals surface area contributed by atoms with Crippen LogP contribution in [0, 0.1) is 58.0 Å². The zero-order chi connectivity index (χ0) is 42.8. The van der Waals surface area contributed by atoms with Gasteiger partial charge in [0.15, 0.2) is 23.3 Å². The molecule has 4 saturated carbocycles. The van der Waals surface area contributed by atoms with Crippen LogP contribution < -0.4 is 21.5 Å². The number of carbonyl (C=O) groups excluding carboxylic acids is 2. The molecule has 2 aromatic carbocycles. The number of carboxylic acids is 1. The molecule has 6 rings (SSSR count). The molecule has 0 spiro atoms. The second-order valence-corrected chi connectivity index (χ2v) is 18.0. The number of guanidine groups is 1. The number of hydrogen-bond acceptors (Lipinski definition) is 7. The average molecular weight is 823 g/mol. The van der Waals surface area contributed by atoms with Gasteiger partial charge in [0.2, 0.25) is 5.91 Å². The Morgan fingerprint density at radius 2 is 1.71 bits per heavy atom. The van der Waals surface area contributed by atoms with Crippen molar-refractivity contribution in [2.24, 2.45) is 62.8 Å². The lowest BCUT2D eigenvalue weighted by molar-refractivity contribution is -0.209. The highest BCUT2D eigenvalue weighted by molar-refractivity contribution is 6.03. The standard InChI is InChI=1S/C45H60F2N4O8/c1-24(5-12-39(55)56)31-10-11-32-40-33(23-37(53)45(31,32)4)44(3)14-13-30(21-28(44)22-36(40)52)58-16-15-50-38(54)20-26-6-8-29(9-7-26)59-41-34(46)18-27(19-35(41)47)17-25(2)42(57)51-43(48)49/h6-9,17-19,24,28,30-33,36-37,40,52-53H,5,10-16,20-23H2,1-4H3,(H,50,54)(H,55,56)(H4,48,49,51,57)/b25-17+/t24-,28+,30+,31-,32+,33+,36-,37+,40+,44+,45-/m1/s1. The minimum atomic E-state index is -0.978. The molecule has 0 aliphatic heterocycles. The number of amides is 2. The number of aliphatic hydroxyl groups excluding tert-OH is 2. The normalized spacial score (nSPS) is 31.9. The Kier molecular flexibility index (Phi) is 13.5. The minimum Gasteiger partial charge on any atom is -0.481 e. The van der Waals surface area contributed by atoms with Gasteiger partial charge in [0.05, 0.1) is 31.3 Å². The SMILES string of the molecule is C/C(=C\c1cc(F)c(Oc2ccc(CC(=O)NCCO[C@H]3CC[C@@]4(C)[C@@H](C3)C[C@@H](O)[C@@H]3[C@@H]4C[C@H](O)[C@]4(C)[C@@H]([C@H](C)CCC(=O)O)CC[C@@H]34)cc2)c(F)c1)C(=O)N=C(N)N. The first kappa shape index (κ1) is 44.2. The van der Waals surface area contributed by atoms with Gasteiger partial charge in [-0.15, -0.1) is 0 Å². The fourth-order valence-corrected chi connectivity index (χ4v) is 11.6. The number of hydrogen-bond donors (Lipinski definition) is 6. The van der Waals surface area contributed by atoms with E-state index in [0.717, 1.165) is 44.2 Å². The van der Waals surface area contributed by atoms with Crippen LogP contribution in [0.3, 0.4) is 0 Å². The van der Waals surface area contributed by atoms with Crippen molar-refractivity contribution in [2.45, 2.75) is 110 Å². The molecule has 59 heavy (non-hydrogen) atoms. The zero-order valence-electron chi connectivity index (χ0n) is 34.5. The van der Waals surface area contributed by atoms with Crippen LogP contribution in [-0.4, -0.2) is 70.5 Å². The first-order valence-corrected chi connectivity index (χ1v) is 20.9. The van der Waals surface area contributed by atoms with Crippen LogP contribution in [-0.2, 0) is 25.5 Å². The second kappa shape index (κ2) is 18.1. The molecule has 0 saturated heterocycles. The van der Waals surface area contributed by atoms with E-state index in [1.54, 1.807) is 12.1 Å². The number of carboxylic acid groups (broad SMARTS) is 1. The molecule has 2 amide bonds. The topological polar surface area (TPSA) is 207 Å². The number of ether oxygens (including phenoxy) is 2. The number of fused-ring (bicyclic) bond motifs is 5. The van der Waals surface area contributed by atoms with Gasteiger partial charge in [-0.1, -0.05) is 32.9 Å². The van der Waals surface area contributed by atoms with Crippen LogP contribution in [0.15, 0.2) is 47.0 Å². The van der Waals surface area contributed by atoms with Crippen LogP contribution in [0.4, 0.5) is 8.78 Å². The first-order valence-electron chi connectivity index (χ1n) is 20.9. The van der Waals surface area contributed by atoms with E-state index in [9.17, 15) is 38.5 Å². The molecule has 0 radical (unpaired) electrons. The minimum absolute atomic E-state index is 0.0116. The van der Waals surface area contributed by atoms with Crippen molar-refractivity contribution >= 4 is 29.8 Å². The van der Waals surface area contributed by atoms with Crippen LogP contribution >= 0.6 is 0 Å². The first-order chi connectivity index (χ1) is 27.9. The molecule has 11 atom stereocenters. The lowest BCUT2D eigenvalue weighted by atomic mass is 9.43. The highest BCUT2D eigenvalue weighted by Crippen LogP contribution is 2.68. The summed E-state index contributed by atoms with van der Waals surface area (Å²) in [6, 6.07) is 8.34. The van der Waals surface area contributed by atoms with Crippen molar-refractivity contribution in [3.05, 3.63) is 64.7 Å². The molecular formula is C45H60F2N4O8. The maximum Gasteiger partial charge on any atom is 0.303 e. The predicted octanol–water partition coefficient (Wildman–Crippen LogP) is 6.11. The van der Waals surface area contributed by atoms with E-state index >= 15 is 0 Å². The third-order valence-corrected chi connectivity index (χ3v) is 14.6. The number of halogens is 2. The van der Waals surface area contributed by atoms with Gasteiger partial charge >= 0.3 is 5.97 Å². The summed E-state index contributed by atoms with van der Waals surface area (Å²) < 4.78 is 41.4. The highest BCUT2D eigenvalue weighted by atomic mass is 19.1. The van der Waals surface area contributed by atoms with Crippen molar-refractivity contribution < 1.29 is 48.0 Å². The number of nitrogens with one attached hydrogen (secondary N) is 1. The molecular weight excluding hydrogens is 763 g/mol. The number of carbonyl (C=O) groups is 3. The highest BCUT2D eigenvalue weighted by Gasteiger charge is 2.65. The predicted molar refractivity (Wildman–Crippen MR) is 218 cm³/mol. The number of aliphatic carboxylic acids is 1. The molecule has 0 bridgehead atoms. The maximum atomic E-state index is 14.8. The van der Waals surface area contributed by atoms with E-state index in [1.165, 1.54) is 25.1 Å². The molecule has 12 nitrogen and oxygen atoms in total. The van der Waals surface area contributed by atoms with Crippen LogP contribution in [0.1, 0.15) is 96.6 Å². The molecule has 4 aliphatic rings. The fourth-order valence-electron chi connectivity index (χ4n) is 11.6. The lowest BCUT2D eigenvalue weighted by Gasteiger charge is -2.63. The van der Waals surface area contributed by atoms with Gasteiger partial charge in [-0.3, -0.25) is 14.4 Å². The van der Waals surface area contributed by atoms with Gasteiger partial charge in [0.1, 0.15) is 5.75 Å². The van der Waals surface area contributed by atoms with Crippen molar-refractivity contribution in [3.63, 3.8) is 0 Å². The van der Waals surface area contributed by atoms with Crippen LogP contribution in [0.5, 0.6) is 11.5 Å². The maximum absolute atomic E-state index is 14.8. The summed E-state index contributed by atoms with van der Waals surface area (Å²) in [4.78, 5) is 39.4. The molecule has 322 valence electrons. The average Bonchev–Trinajstić information content (AvgIpc) is 3.53. The second-order valence-electron chi connectivity index (χ2n) is 18.0. The van der Waals surface area contributed by atoms with Gasteiger partial charge in [-0.05, 0) is 146 Å². The summed E-state index contributed by atoms with van der Waals surface area (Å²) in [5, 5.41) is 35.8. The Balaban J connectivity index is 0.955. The third kappa shape index (κ3) is 9.49. The Hall–Kier alpha value is -4.40. The van der Waals surface area contributed by atoms with Crippen LogP contribution in [0.25, 0.3) is 6.08 Å². The molecule has 14 heteroatoms. The number of rotatable bonds is 14. The molecule has 4 fully saturated rings. The monoisotopic (exact) mass is 822 g/mol. The smallest absolute Gasteiger partial charge is 0.303 e. The summed E-state index contributed by atoms with van der Waals surface area (Å²) in [6.45, 7) is 8.77. The Morgan fingerprint density at radius 3 is 2.37 bits per heavy atom. The Morgan fingerprint density at radius 1 is 1.02 bits per heavy atom. The largest absolute Gasteiger partial charge is 0.481 e. The summed E-state index contributed by atoms with van der Waals surface area (Å²) in [5.41, 5.74) is 10.9. The quantitative estimate of drug-likeness (QED) is 0.0558. The van der Waals surface area contributed by atoms with Crippen molar-refractivity contribution in [3.8, 4) is 11.5 Å². The van der Waals surface area contributed by atoms with E-state index in [2.05, 4.69) is 31.1 Å². The van der Waals surface area contributed by atoms with Crippen molar-refractivity contribution in [1.29, 1.82) is 0 Å². The van der Waals surface area contributed by atoms with Gasteiger partial charge in [-0.2, -0.15) is 4.99 Å².